The lowest BCUT2D eigenvalue weighted by molar-refractivity contribution is -0.274. The summed E-state index contributed by atoms with van der Waals surface area (Å²) in [6, 6.07) is 17.0. The number of fused-ring (bicyclic) bond motifs is 1. The van der Waals surface area contributed by atoms with Gasteiger partial charge in [0.1, 0.15) is 5.75 Å². The van der Waals surface area contributed by atoms with E-state index in [2.05, 4.69) is 4.74 Å². The molecule has 0 amide bonds. The molecule has 0 aliphatic carbocycles. The summed E-state index contributed by atoms with van der Waals surface area (Å²) in [4.78, 5) is 0. The Morgan fingerprint density at radius 3 is 2.26 bits per heavy atom. The van der Waals surface area contributed by atoms with Crippen molar-refractivity contribution in [3.8, 4) is 16.9 Å². The van der Waals surface area contributed by atoms with Crippen LogP contribution in [0.15, 0.2) is 60.7 Å². The van der Waals surface area contributed by atoms with Crippen LogP contribution < -0.4 is 4.74 Å². The summed E-state index contributed by atoms with van der Waals surface area (Å²) in [7, 11) is 0. The second kappa shape index (κ2) is 5.93. The van der Waals surface area contributed by atoms with Gasteiger partial charge in [-0.25, -0.2) is 0 Å². The molecule has 5 heteroatoms. The second-order valence-electron chi connectivity index (χ2n) is 5.13. The first-order valence-corrected chi connectivity index (χ1v) is 6.94. The molecule has 118 valence electrons. The van der Waals surface area contributed by atoms with Crippen molar-refractivity contribution in [1.29, 1.82) is 0 Å². The topological polar surface area (TPSA) is 29.5 Å². The number of hydrogen-bond acceptors (Lipinski definition) is 2. The minimum atomic E-state index is -4.71. The molecule has 0 aromatic heterocycles. The summed E-state index contributed by atoms with van der Waals surface area (Å²) in [5.74, 6) is -0.245. The molecule has 0 fully saturated rings. The first-order valence-electron chi connectivity index (χ1n) is 6.94. The maximum absolute atomic E-state index is 12.3. The largest absolute Gasteiger partial charge is 0.573 e. The smallest absolute Gasteiger partial charge is 0.406 e. The van der Waals surface area contributed by atoms with Crippen molar-refractivity contribution in [1.82, 2.24) is 0 Å². The van der Waals surface area contributed by atoms with Crippen LogP contribution >= 0.6 is 0 Å². The molecule has 0 aliphatic rings. The first kappa shape index (κ1) is 15.4. The van der Waals surface area contributed by atoms with Gasteiger partial charge in [0, 0.05) is 0 Å². The van der Waals surface area contributed by atoms with Gasteiger partial charge in [-0.3, -0.25) is 0 Å². The molecule has 0 atom stereocenters. The molecular weight excluding hydrogens is 305 g/mol. The molecule has 0 spiro atoms. The predicted molar refractivity (Wildman–Crippen MR) is 82.0 cm³/mol. The number of benzene rings is 3. The van der Waals surface area contributed by atoms with E-state index in [0.717, 1.165) is 21.9 Å². The molecular formula is C18H13F3O2. The third-order valence-corrected chi connectivity index (χ3v) is 3.49. The zero-order valence-corrected chi connectivity index (χ0v) is 12.0. The van der Waals surface area contributed by atoms with Crippen LogP contribution in [0, 0.1) is 0 Å². The van der Waals surface area contributed by atoms with Crippen LogP contribution in [0.25, 0.3) is 21.9 Å². The molecule has 2 nitrogen and oxygen atoms in total. The van der Waals surface area contributed by atoms with Gasteiger partial charge in [-0.2, -0.15) is 0 Å². The van der Waals surface area contributed by atoms with Gasteiger partial charge in [0.05, 0.1) is 6.61 Å². The summed E-state index contributed by atoms with van der Waals surface area (Å²) in [5.41, 5.74) is 2.24. The van der Waals surface area contributed by atoms with Crippen LogP contribution in [0.3, 0.4) is 0 Å². The van der Waals surface area contributed by atoms with Gasteiger partial charge < -0.3 is 9.84 Å². The highest BCUT2D eigenvalue weighted by molar-refractivity contribution is 5.88. The fourth-order valence-corrected chi connectivity index (χ4v) is 2.45. The van der Waals surface area contributed by atoms with Crippen molar-refractivity contribution in [2.45, 2.75) is 13.0 Å². The molecule has 0 heterocycles. The summed E-state index contributed by atoms with van der Waals surface area (Å²) in [5, 5.41) is 11.1. The van der Waals surface area contributed by atoms with Gasteiger partial charge in [-0.15, -0.1) is 13.2 Å². The van der Waals surface area contributed by atoms with Crippen molar-refractivity contribution in [2.24, 2.45) is 0 Å². The highest BCUT2D eigenvalue weighted by Gasteiger charge is 2.31. The predicted octanol–water partition coefficient (Wildman–Crippen LogP) is 4.90. The van der Waals surface area contributed by atoms with Crippen molar-refractivity contribution >= 4 is 10.8 Å². The Hall–Kier alpha value is -2.53. The molecule has 0 aliphatic heterocycles. The van der Waals surface area contributed by atoms with Crippen LogP contribution in [0.5, 0.6) is 5.75 Å². The van der Waals surface area contributed by atoms with Gasteiger partial charge >= 0.3 is 6.36 Å². The van der Waals surface area contributed by atoms with Crippen LogP contribution in [0.1, 0.15) is 5.56 Å². The van der Waals surface area contributed by atoms with E-state index in [1.165, 1.54) is 18.2 Å². The number of halogens is 3. The van der Waals surface area contributed by atoms with Gasteiger partial charge in [-0.05, 0) is 51.7 Å². The Bertz CT molecular complexity index is 841. The lowest BCUT2D eigenvalue weighted by Crippen LogP contribution is -2.17. The monoisotopic (exact) mass is 318 g/mol. The molecule has 1 N–H and O–H groups in total. The number of hydrogen-bond donors (Lipinski definition) is 1. The van der Waals surface area contributed by atoms with Crippen LogP contribution in [-0.4, -0.2) is 11.5 Å². The molecule has 3 aromatic carbocycles. The molecule has 0 unspecified atom stereocenters. The summed E-state index contributed by atoms with van der Waals surface area (Å²) >= 11 is 0. The lowest BCUT2D eigenvalue weighted by Gasteiger charge is -2.10. The Morgan fingerprint density at radius 1 is 0.826 bits per heavy atom. The molecule has 0 saturated heterocycles. The maximum Gasteiger partial charge on any atom is 0.573 e. The van der Waals surface area contributed by atoms with Crippen LogP contribution in [0.2, 0.25) is 0 Å². The van der Waals surface area contributed by atoms with Crippen LogP contribution in [-0.2, 0) is 6.61 Å². The average molecular weight is 318 g/mol. The standard InChI is InChI=1S/C18H13F3O2/c19-18(20,21)23-17-3-1-2-13(10-17)16-7-6-14-8-12(11-22)4-5-15(14)9-16/h1-10,22H,11H2. The van der Waals surface area contributed by atoms with E-state index in [1.807, 2.05) is 36.4 Å². The van der Waals surface area contributed by atoms with E-state index in [-0.39, 0.29) is 12.4 Å². The molecule has 0 radical (unpaired) electrons. The fourth-order valence-electron chi connectivity index (χ4n) is 2.45. The van der Waals surface area contributed by atoms with E-state index in [1.54, 1.807) is 6.07 Å². The zero-order chi connectivity index (χ0) is 16.4. The SMILES string of the molecule is OCc1ccc2cc(-c3cccc(OC(F)(F)F)c3)ccc2c1. The molecule has 0 saturated carbocycles. The van der Waals surface area contributed by atoms with Crippen molar-refractivity contribution < 1.29 is 23.0 Å². The Labute approximate surface area is 130 Å². The quantitative estimate of drug-likeness (QED) is 0.744. The fraction of sp³-hybridized carbons (Fsp3) is 0.111. The molecule has 23 heavy (non-hydrogen) atoms. The third-order valence-electron chi connectivity index (χ3n) is 3.49. The highest BCUT2D eigenvalue weighted by Crippen LogP contribution is 2.30. The van der Waals surface area contributed by atoms with E-state index in [4.69, 9.17) is 5.11 Å². The van der Waals surface area contributed by atoms with E-state index >= 15 is 0 Å². The third kappa shape index (κ3) is 3.63. The molecule has 0 bridgehead atoms. The van der Waals surface area contributed by atoms with E-state index in [9.17, 15) is 13.2 Å². The van der Waals surface area contributed by atoms with E-state index in [0.29, 0.717) is 5.56 Å². The zero-order valence-electron chi connectivity index (χ0n) is 12.0. The minimum Gasteiger partial charge on any atom is -0.406 e. The summed E-state index contributed by atoms with van der Waals surface area (Å²) in [6.45, 7) is -0.0332. The van der Waals surface area contributed by atoms with Gasteiger partial charge in [-0.1, -0.05) is 36.4 Å². The van der Waals surface area contributed by atoms with Crippen LogP contribution in [0.4, 0.5) is 13.2 Å². The molecule has 3 rings (SSSR count). The number of rotatable bonds is 3. The average Bonchev–Trinajstić information content (AvgIpc) is 2.52. The van der Waals surface area contributed by atoms with E-state index < -0.39 is 6.36 Å². The Morgan fingerprint density at radius 2 is 1.52 bits per heavy atom. The second-order valence-corrected chi connectivity index (χ2v) is 5.13. The summed E-state index contributed by atoms with van der Waals surface area (Å²) < 4.78 is 40.9. The van der Waals surface area contributed by atoms with Crippen molar-refractivity contribution in [3.63, 3.8) is 0 Å². The first-order chi connectivity index (χ1) is 10.9. The van der Waals surface area contributed by atoms with Gasteiger partial charge in [0.25, 0.3) is 0 Å². The number of aliphatic hydroxyl groups excluding tert-OH is 1. The highest BCUT2D eigenvalue weighted by atomic mass is 19.4. The summed E-state index contributed by atoms with van der Waals surface area (Å²) in [6.07, 6.45) is -4.71. The Kier molecular flexibility index (Phi) is 3.96. The Balaban J connectivity index is 1.98. The van der Waals surface area contributed by atoms with Crippen molar-refractivity contribution in [2.75, 3.05) is 0 Å². The minimum absolute atomic E-state index is 0.0332. The normalized spacial score (nSPS) is 11.7. The number of aliphatic hydroxyl groups is 1. The number of ether oxygens (including phenoxy) is 1. The lowest BCUT2D eigenvalue weighted by atomic mass is 10.00. The maximum atomic E-state index is 12.3. The molecule has 3 aromatic rings. The number of alkyl halides is 3. The van der Waals surface area contributed by atoms with Crippen molar-refractivity contribution in [3.05, 3.63) is 66.2 Å². The van der Waals surface area contributed by atoms with Gasteiger partial charge in [0.15, 0.2) is 0 Å². The van der Waals surface area contributed by atoms with Gasteiger partial charge in [0.2, 0.25) is 0 Å².